The average molecular weight is 283 g/mol. The molecule has 0 radical (unpaired) electrons. The molecule has 4 bridgehead atoms. The smallest absolute Gasteiger partial charge is 0.320 e. The van der Waals surface area contributed by atoms with Gasteiger partial charge in [0.15, 0.2) is 0 Å². The summed E-state index contributed by atoms with van der Waals surface area (Å²) in [6.07, 6.45) is 8.77. The summed E-state index contributed by atoms with van der Waals surface area (Å²) in [5.74, 6) is 3.32. The first kappa shape index (κ1) is 13.7. The van der Waals surface area contributed by atoms with Crippen molar-refractivity contribution in [2.45, 2.75) is 56.2 Å². The third-order valence-electron chi connectivity index (χ3n) is 5.31. The molecule has 0 spiro atoms. The van der Waals surface area contributed by atoms with E-state index in [-0.39, 0.29) is 0 Å². The van der Waals surface area contributed by atoms with Crippen molar-refractivity contribution in [3.63, 3.8) is 0 Å². The van der Waals surface area contributed by atoms with Crippen LogP contribution in [0.25, 0.3) is 0 Å². The highest BCUT2D eigenvalue weighted by molar-refractivity contribution is 8.00. The molecule has 0 heterocycles. The van der Waals surface area contributed by atoms with Gasteiger partial charge in [-0.15, -0.1) is 0 Å². The van der Waals surface area contributed by atoms with Crippen molar-refractivity contribution in [2.75, 3.05) is 12.3 Å². The van der Waals surface area contributed by atoms with Crippen LogP contribution in [0.3, 0.4) is 0 Å². The number of hydrogen-bond donors (Lipinski definition) is 2. The van der Waals surface area contributed by atoms with E-state index in [0.29, 0.717) is 4.75 Å². The fourth-order valence-electron chi connectivity index (χ4n) is 4.84. The summed E-state index contributed by atoms with van der Waals surface area (Å²) in [6, 6.07) is -0.419. The summed E-state index contributed by atoms with van der Waals surface area (Å²) in [4.78, 5) is 10.7. The minimum Gasteiger partial charge on any atom is -0.480 e. The second kappa shape index (κ2) is 5.28. The SMILES string of the molecule is CC(NCCSC12CC3CC(CC(C3)C1)C2)C(=O)O. The van der Waals surface area contributed by atoms with Gasteiger partial charge in [-0.2, -0.15) is 11.8 Å². The van der Waals surface area contributed by atoms with Gasteiger partial charge < -0.3 is 10.4 Å². The Morgan fingerprint density at radius 3 is 2.26 bits per heavy atom. The number of thioether (sulfide) groups is 1. The van der Waals surface area contributed by atoms with Crippen molar-refractivity contribution in [3.05, 3.63) is 0 Å². The van der Waals surface area contributed by atoms with Crippen molar-refractivity contribution in [1.82, 2.24) is 5.32 Å². The number of aliphatic carboxylic acids is 1. The molecule has 0 amide bonds. The molecular formula is C15H25NO2S. The van der Waals surface area contributed by atoms with Crippen LogP contribution in [0.4, 0.5) is 0 Å². The zero-order chi connectivity index (χ0) is 13.5. The van der Waals surface area contributed by atoms with Gasteiger partial charge in [0.1, 0.15) is 6.04 Å². The van der Waals surface area contributed by atoms with Crippen LogP contribution in [0.1, 0.15) is 45.4 Å². The Kier molecular flexibility index (Phi) is 3.82. The van der Waals surface area contributed by atoms with Crippen LogP contribution in [0.15, 0.2) is 0 Å². The normalized spacial score (nSPS) is 41.4. The number of nitrogens with one attached hydrogen (secondary N) is 1. The first-order valence-electron chi connectivity index (χ1n) is 7.66. The maximum absolute atomic E-state index is 10.7. The van der Waals surface area contributed by atoms with Crippen molar-refractivity contribution in [1.29, 1.82) is 0 Å². The molecule has 4 aliphatic carbocycles. The minimum atomic E-state index is -0.750. The molecule has 0 aromatic carbocycles. The molecule has 4 saturated carbocycles. The molecule has 1 atom stereocenters. The van der Waals surface area contributed by atoms with Gasteiger partial charge in [0.05, 0.1) is 0 Å². The Bertz CT molecular complexity index is 323. The summed E-state index contributed by atoms with van der Waals surface area (Å²) in [6.45, 7) is 2.54. The quantitative estimate of drug-likeness (QED) is 0.736. The van der Waals surface area contributed by atoms with Gasteiger partial charge in [0, 0.05) is 17.0 Å². The van der Waals surface area contributed by atoms with Crippen LogP contribution in [-0.2, 0) is 4.79 Å². The predicted octanol–water partition coefficient (Wildman–Crippen LogP) is 2.75. The topological polar surface area (TPSA) is 49.3 Å². The Hall–Kier alpha value is -0.220. The van der Waals surface area contributed by atoms with Gasteiger partial charge in [0.2, 0.25) is 0 Å². The summed E-state index contributed by atoms with van der Waals surface area (Å²) in [5, 5.41) is 11.9. The highest BCUT2D eigenvalue weighted by atomic mass is 32.2. The molecule has 2 N–H and O–H groups in total. The van der Waals surface area contributed by atoms with Crippen molar-refractivity contribution >= 4 is 17.7 Å². The Balaban J connectivity index is 1.46. The first-order valence-corrected chi connectivity index (χ1v) is 8.65. The van der Waals surface area contributed by atoms with Crippen LogP contribution in [0, 0.1) is 17.8 Å². The zero-order valence-corrected chi connectivity index (χ0v) is 12.5. The van der Waals surface area contributed by atoms with E-state index in [1.807, 2.05) is 0 Å². The molecule has 1 unspecified atom stereocenters. The second-order valence-corrected chi connectivity index (χ2v) is 8.53. The van der Waals surface area contributed by atoms with Gasteiger partial charge in [0.25, 0.3) is 0 Å². The fraction of sp³-hybridized carbons (Fsp3) is 0.933. The fourth-order valence-corrected chi connectivity index (χ4v) is 6.55. The first-order chi connectivity index (χ1) is 9.06. The van der Waals surface area contributed by atoms with Gasteiger partial charge in [-0.1, -0.05) is 0 Å². The molecule has 4 heteroatoms. The lowest BCUT2D eigenvalue weighted by Gasteiger charge is -2.56. The van der Waals surface area contributed by atoms with E-state index in [4.69, 9.17) is 5.11 Å². The lowest BCUT2D eigenvalue weighted by atomic mass is 9.56. The van der Waals surface area contributed by atoms with E-state index in [1.165, 1.54) is 38.5 Å². The number of hydrogen-bond acceptors (Lipinski definition) is 3. The molecular weight excluding hydrogens is 258 g/mol. The largest absolute Gasteiger partial charge is 0.480 e. The van der Waals surface area contributed by atoms with E-state index in [1.54, 1.807) is 6.92 Å². The Morgan fingerprint density at radius 2 is 1.79 bits per heavy atom. The highest BCUT2D eigenvalue weighted by Gasteiger charge is 2.50. The molecule has 0 aromatic heterocycles. The molecule has 108 valence electrons. The molecule has 0 aliphatic heterocycles. The van der Waals surface area contributed by atoms with Crippen molar-refractivity contribution in [2.24, 2.45) is 17.8 Å². The zero-order valence-electron chi connectivity index (χ0n) is 11.7. The van der Waals surface area contributed by atoms with Gasteiger partial charge in [-0.05, 0) is 63.2 Å². The molecule has 0 saturated heterocycles. The van der Waals surface area contributed by atoms with Crippen LogP contribution in [0.2, 0.25) is 0 Å². The Labute approximate surface area is 119 Å². The molecule has 4 aliphatic rings. The summed E-state index contributed by atoms with van der Waals surface area (Å²) in [7, 11) is 0. The van der Waals surface area contributed by atoms with Gasteiger partial charge >= 0.3 is 5.97 Å². The highest BCUT2D eigenvalue weighted by Crippen LogP contribution is 2.60. The minimum absolute atomic E-state index is 0.419. The molecule has 19 heavy (non-hydrogen) atoms. The summed E-state index contributed by atoms with van der Waals surface area (Å²) in [5.41, 5.74) is 0. The summed E-state index contributed by atoms with van der Waals surface area (Å²) < 4.78 is 0.558. The second-order valence-electron chi connectivity index (χ2n) is 6.96. The van der Waals surface area contributed by atoms with Crippen LogP contribution < -0.4 is 5.32 Å². The molecule has 4 rings (SSSR count). The predicted molar refractivity (Wildman–Crippen MR) is 78.5 cm³/mol. The number of carboxylic acids is 1. The van der Waals surface area contributed by atoms with Crippen LogP contribution >= 0.6 is 11.8 Å². The average Bonchev–Trinajstić information content (AvgIpc) is 2.32. The van der Waals surface area contributed by atoms with E-state index in [9.17, 15) is 4.79 Å². The monoisotopic (exact) mass is 283 g/mol. The standard InChI is InChI=1S/C15H25NO2S/c1-10(14(17)18)16-2-3-19-15-7-11-4-12(8-15)6-13(5-11)9-15/h10-13,16H,2-9H2,1H3,(H,17,18). The molecule has 3 nitrogen and oxygen atoms in total. The molecule has 4 fully saturated rings. The maximum atomic E-state index is 10.7. The summed E-state index contributed by atoms with van der Waals surface area (Å²) >= 11 is 2.13. The number of rotatable bonds is 6. The Morgan fingerprint density at radius 1 is 1.26 bits per heavy atom. The van der Waals surface area contributed by atoms with Gasteiger partial charge in [-0.25, -0.2) is 0 Å². The van der Waals surface area contributed by atoms with Crippen molar-refractivity contribution in [3.8, 4) is 0 Å². The maximum Gasteiger partial charge on any atom is 0.320 e. The van der Waals surface area contributed by atoms with E-state index < -0.39 is 12.0 Å². The third-order valence-corrected chi connectivity index (χ3v) is 6.83. The van der Waals surface area contributed by atoms with Crippen LogP contribution in [-0.4, -0.2) is 34.2 Å². The van der Waals surface area contributed by atoms with E-state index in [2.05, 4.69) is 17.1 Å². The molecule has 0 aromatic rings. The van der Waals surface area contributed by atoms with E-state index in [0.717, 1.165) is 30.1 Å². The van der Waals surface area contributed by atoms with Crippen LogP contribution in [0.5, 0.6) is 0 Å². The van der Waals surface area contributed by atoms with E-state index >= 15 is 0 Å². The lowest BCUT2D eigenvalue weighted by molar-refractivity contribution is -0.138. The lowest BCUT2D eigenvalue weighted by Crippen LogP contribution is -2.49. The number of carboxylic acid groups (broad SMARTS) is 1. The van der Waals surface area contributed by atoms with Crippen molar-refractivity contribution < 1.29 is 9.90 Å². The number of carbonyl (C=O) groups is 1. The van der Waals surface area contributed by atoms with Gasteiger partial charge in [-0.3, -0.25) is 4.79 Å². The third kappa shape index (κ3) is 2.94.